The number of carbonyl (C=O) groups is 2. The van der Waals surface area contributed by atoms with Crippen LogP contribution < -0.4 is 0 Å². The molecule has 4 nitrogen and oxygen atoms in total. The third-order valence-electron chi connectivity index (χ3n) is 9.75. The average Bonchev–Trinajstić information content (AvgIpc) is 2.80. The summed E-state index contributed by atoms with van der Waals surface area (Å²) in [4.78, 5) is 28.3. The Morgan fingerprint density at radius 1 is 1.25 bits per heavy atom. The molecular weight excluding hydrogens is 302 g/mol. The highest BCUT2D eigenvalue weighted by Gasteiger charge is 2.92. The zero-order chi connectivity index (χ0) is 16.4. The predicted molar refractivity (Wildman–Crippen MR) is 84.6 cm³/mol. The largest absolute Gasteiger partial charge is 0.375 e. The highest BCUT2D eigenvalue weighted by molar-refractivity contribution is 5.93. The fourth-order valence-corrected chi connectivity index (χ4v) is 10.1. The molecule has 0 amide bonds. The van der Waals surface area contributed by atoms with Gasteiger partial charge in [0.15, 0.2) is 0 Å². The molecule has 3 heterocycles. The minimum Gasteiger partial charge on any atom is -0.375 e. The zero-order valence-electron chi connectivity index (χ0n) is 14.0. The fraction of sp³-hybridized carbons (Fsp3) is 0.800. The van der Waals surface area contributed by atoms with E-state index >= 15 is 0 Å². The van der Waals surface area contributed by atoms with Crippen molar-refractivity contribution in [1.82, 2.24) is 4.90 Å². The summed E-state index contributed by atoms with van der Waals surface area (Å²) in [5.74, 6) is 1.45. The minimum absolute atomic E-state index is 0.0249. The molecule has 9 rings (SSSR count). The Morgan fingerprint density at radius 3 is 2.83 bits per heavy atom. The zero-order valence-corrected chi connectivity index (χ0v) is 14.0. The maximum Gasteiger partial charge on any atom is 0.145 e. The van der Waals surface area contributed by atoms with E-state index in [1.54, 1.807) is 0 Å². The molecule has 9 fully saturated rings. The van der Waals surface area contributed by atoms with Crippen molar-refractivity contribution in [1.29, 1.82) is 0 Å². The van der Waals surface area contributed by atoms with Gasteiger partial charge in [-0.15, -0.1) is 0 Å². The van der Waals surface area contributed by atoms with Crippen molar-refractivity contribution in [3.05, 3.63) is 12.2 Å². The Hall–Kier alpha value is -1.00. The molecule has 0 aromatic heterocycles. The molecule has 4 heteroatoms. The van der Waals surface area contributed by atoms with Crippen molar-refractivity contribution in [2.24, 2.45) is 39.9 Å². The number of nitrogens with zero attached hydrogens (tertiary/aromatic N) is 1. The number of rotatable bonds is 0. The van der Waals surface area contributed by atoms with E-state index in [2.05, 4.69) is 18.4 Å². The number of ketones is 2. The third kappa shape index (κ3) is 0.893. The van der Waals surface area contributed by atoms with Crippen LogP contribution in [0, 0.1) is 39.9 Å². The lowest BCUT2D eigenvalue weighted by molar-refractivity contribution is -0.217. The molecule has 10 atom stereocenters. The van der Waals surface area contributed by atoms with Crippen LogP contribution in [0.1, 0.15) is 39.0 Å². The first kappa shape index (κ1) is 13.2. The van der Waals surface area contributed by atoms with E-state index in [-0.39, 0.29) is 40.0 Å². The lowest BCUT2D eigenvalue weighted by atomic mass is 9.40. The van der Waals surface area contributed by atoms with Gasteiger partial charge in [-0.25, -0.2) is 0 Å². The van der Waals surface area contributed by atoms with Crippen molar-refractivity contribution in [3.63, 3.8) is 0 Å². The number of hydrogen-bond donors (Lipinski definition) is 1. The van der Waals surface area contributed by atoms with Gasteiger partial charge in [0.1, 0.15) is 17.3 Å². The van der Waals surface area contributed by atoms with E-state index in [9.17, 15) is 14.7 Å². The summed E-state index contributed by atoms with van der Waals surface area (Å²) < 4.78 is 0. The average molecular weight is 325 g/mol. The highest BCUT2D eigenvalue weighted by atomic mass is 16.3. The van der Waals surface area contributed by atoms with Crippen LogP contribution in [-0.4, -0.2) is 39.9 Å². The van der Waals surface area contributed by atoms with Gasteiger partial charge >= 0.3 is 0 Å². The van der Waals surface area contributed by atoms with Crippen LogP contribution in [0.5, 0.6) is 0 Å². The summed E-state index contributed by atoms with van der Waals surface area (Å²) in [6.45, 7) is 7.24. The summed E-state index contributed by atoms with van der Waals surface area (Å²) in [6, 6.07) is 0.120. The smallest absolute Gasteiger partial charge is 0.145 e. The van der Waals surface area contributed by atoms with Crippen LogP contribution >= 0.6 is 0 Å². The normalized spacial score (nSPS) is 70.0. The van der Waals surface area contributed by atoms with E-state index in [1.807, 2.05) is 0 Å². The van der Waals surface area contributed by atoms with Gasteiger partial charge in [-0.1, -0.05) is 19.1 Å². The second kappa shape index (κ2) is 3.09. The molecule has 10 unspecified atom stereocenters. The Labute approximate surface area is 141 Å². The van der Waals surface area contributed by atoms with Gasteiger partial charge in [-0.3, -0.25) is 14.5 Å². The van der Waals surface area contributed by atoms with Crippen LogP contribution in [0.15, 0.2) is 12.2 Å². The second-order valence-electron chi connectivity index (χ2n) is 10.5. The maximum atomic E-state index is 13.3. The van der Waals surface area contributed by atoms with Crippen molar-refractivity contribution in [2.45, 2.75) is 50.8 Å². The maximum absolute atomic E-state index is 13.3. The van der Waals surface area contributed by atoms with Crippen LogP contribution in [0.25, 0.3) is 0 Å². The van der Waals surface area contributed by atoms with Gasteiger partial charge in [0, 0.05) is 48.6 Å². The molecule has 0 aromatic carbocycles. The lowest BCUT2D eigenvalue weighted by Gasteiger charge is -2.63. The number of fused-ring (bicyclic) bond motifs is 1. The number of allylic oxidation sites excluding steroid dienone is 1. The minimum atomic E-state index is -0.780. The molecule has 9 aliphatic rings. The Kier molecular flexibility index (Phi) is 1.71. The molecule has 0 radical (unpaired) electrons. The van der Waals surface area contributed by atoms with Gasteiger partial charge in [-0.2, -0.15) is 0 Å². The topological polar surface area (TPSA) is 57.6 Å². The van der Waals surface area contributed by atoms with Crippen molar-refractivity contribution in [3.8, 4) is 0 Å². The van der Waals surface area contributed by atoms with Crippen LogP contribution in [-0.2, 0) is 9.59 Å². The van der Waals surface area contributed by atoms with Gasteiger partial charge in [0.2, 0.25) is 0 Å². The molecule has 24 heavy (non-hydrogen) atoms. The van der Waals surface area contributed by atoms with E-state index in [1.165, 1.54) is 0 Å². The lowest BCUT2D eigenvalue weighted by Crippen LogP contribution is -2.66. The summed E-state index contributed by atoms with van der Waals surface area (Å²) >= 11 is 0. The standard InChI is InChI=1S/C20H23NO3/c1-9-4-18-7-20(24)16-17(2)5-10(22)6-19(16)12(18)3-11(9)14(23)13(18)15(19)21(20)8-17/h11-13,15-16,24H,1,3-8H2,2H3. The van der Waals surface area contributed by atoms with Gasteiger partial charge in [0.05, 0.1) is 0 Å². The second-order valence-corrected chi connectivity index (χ2v) is 10.5. The molecule has 3 aliphatic heterocycles. The van der Waals surface area contributed by atoms with Crippen LogP contribution in [0.4, 0.5) is 0 Å². The number of aliphatic hydroxyl groups is 1. The SMILES string of the molecule is C=C1CC23CC4(O)C5C6(C)CC(=O)CC57C(C2C(=O)C1CC37)N4C6. The summed E-state index contributed by atoms with van der Waals surface area (Å²) in [6.07, 6.45) is 3.75. The van der Waals surface area contributed by atoms with E-state index in [4.69, 9.17) is 0 Å². The Bertz CT molecular complexity index is 805. The van der Waals surface area contributed by atoms with E-state index in [0.717, 1.165) is 31.4 Å². The first-order valence-electron chi connectivity index (χ1n) is 9.50. The van der Waals surface area contributed by atoms with Crippen molar-refractivity contribution < 1.29 is 14.7 Å². The quantitative estimate of drug-likeness (QED) is 0.686. The summed E-state index contributed by atoms with van der Waals surface area (Å²) in [7, 11) is 0. The molecule has 6 saturated carbocycles. The van der Waals surface area contributed by atoms with E-state index in [0.29, 0.717) is 30.3 Å². The number of carbonyl (C=O) groups excluding carboxylic acids is 2. The molecule has 3 saturated heterocycles. The number of piperidine rings is 2. The first-order chi connectivity index (χ1) is 11.3. The molecule has 1 N–H and O–H groups in total. The van der Waals surface area contributed by atoms with Gasteiger partial charge < -0.3 is 5.11 Å². The Balaban J connectivity index is 1.57. The summed E-state index contributed by atoms with van der Waals surface area (Å²) in [5, 5.41) is 11.8. The predicted octanol–water partition coefficient (Wildman–Crippen LogP) is 1.53. The van der Waals surface area contributed by atoms with Gasteiger partial charge in [0.25, 0.3) is 0 Å². The molecular formula is C20H23NO3. The number of hydrogen-bond acceptors (Lipinski definition) is 4. The molecule has 126 valence electrons. The monoisotopic (exact) mass is 325 g/mol. The molecule has 9 bridgehead atoms. The van der Waals surface area contributed by atoms with Crippen LogP contribution in [0.2, 0.25) is 0 Å². The van der Waals surface area contributed by atoms with Gasteiger partial charge in [-0.05, 0) is 36.0 Å². The third-order valence-corrected chi connectivity index (χ3v) is 9.75. The van der Waals surface area contributed by atoms with Crippen molar-refractivity contribution >= 4 is 11.6 Å². The number of Topliss-reactive ketones (excluding diaryl/α,β-unsaturated/α-hetero) is 2. The first-order valence-corrected chi connectivity index (χ1v) is 9.50. The molecule has 2 spiro atoms. The van der Waals surface area contributed by atoms with Crippen LogP contribution in [0.3, 0.4) is 0 Å². The van der Waals surface area contributed by atoms with Crippen molar-refractivity contribution in [2.75, 3.05) is 6.54 Å². The molecule has 0 aromatic rings. The molecule has 6 aliphatic carbocycles. The Morgan fingerprint density at radius 2 is 2.04 bits per heavy atom. The summed E-state index contributed by atoms with van der Waals surface area (Å²) in [5.41, 5.74) is -0.0122. The highest BCUT2D eigenvalue weighted by Crippen LogP contribution is 2.88. The fourth-order valence-electron chi connectivity index (χ4n) is 10.1. The van der Waals surface area contributed by atoms with E-state index < -0.39 is 5.72 Å².